The SMILES string of the molecule is COc1cc(OC)c2nc(N3CCC(O)(CN(C)C)C3)cc(C)c2c1. The number of aromatic nitrogens is 1. The van der Waals surface area contributed by atoms with Gasteiger partial charge in [-0.25, -0.2) is 4.98 Å². The molecule has 1 N–H and O–H groups in total. The molecule has 1 aliphatic heterocycles. The van der Waals surface area contributed by atoms with E-state index in [1.165, 1.54) is 0 Å². The highest BCUT2D eigenvalue weighted by molar-refractivity contribution is 5.90. The van der Waals surface area contributed by atoms with E-state index >= 15 is 0 Å². The zero-order chi connectivity index (χ0) is 18.2. The number of rotatable bonds is 5. The second-order valence-electron chi connectivity index (χ2n) is 7.16. The van der Waals surface area contributed by atoms with Crippen molar-refractivity contribution in [2.45, 2.75) is 18.9 Å². The number of likely N-dealkylation sites (N-methyl/N-ethyl adjacent to an activating group) is 1. The largest absolute Gasteiger partial charge is 0.497 e. The first kappa shape index (κ1) is 17.8. The summed E-state index contributed by atoms with van der Waals surface area (Å²) in [5.41, 5.74) is 1.24. The fraction of sp³-hybridized carbons (Fsp3) is 0.526. The first-order chi connectivity index (χ1) is 11.8. The van der Waals surface area contributed by atoms with Gasteiger partial charge >= 0.3 is 0 Å². The number of benzene rings is 1. The van der Waals surface area contributed by atoms with E-state index in [0.29, 0.717) is 18.8 Å². The van der Waals surface area contributed by atoms with Crippen LogP contribution in [0.15, 0.2) is 18.2 Å². The number of ether oxygens (including phenoxy) is 2. The van der Waals surface area contributed by atoms with Crippen molar-refractivity contribution in [3.8, 4) is 11.5 Å². The molecule has 2 aromatic rings. The van der Waals surface area contributed by atoms with E-state index in [1.807, 2.05) is 31.1 Å². The van der Waals surface area contributed by atoms with Gasteiger partial charge in [0.15, 0.2) is 0 Å². The number of nitrogens with zero attached hydrogens (tertiary/aromatic N) is 3. The topological polar surface area (TPSA) is 58.1 Å². The van der Waals surface area contributed by atoms with Crippen molar-refractivity contribution in [1.82, 2.24) is 9.88 Å². The Balaban J connectivity index is 1.99. The Kier molecular flexibility index (Phi) is 4.75. The van der Waals surface area contributed by atoms with Crippen LogP contribution in [0.2, 0.25) is 0 Å². The average Bonchev–Trinajstić information content (AvgIpc) is 2.95. The van der Waals surface area contributed by atoms with Gasteiger partial charge in [-0.1, -0.05) is 0 Å². The van der Waals surface area contributed by atoms with Crippen molar-refractivity contribution in [2.75, 3.05) is 52.8 Å². The maximum atomic E-state index is 10.8. The Morgan fingerprint density at radius 3 is 2.64 bits per heavy atom. The zero-order valence-electron chi connectivity index (χ0n) is 15.7. The minimum absolute atomic E-state index is 0.585. The van der Waals surface area contributed by atoms with Gasteiger partial charge in [0.05, 0.1) is 19.8 Å². The van der Waals surface area contributed by atoms with Gasteiger partial charge in [-0.05, 0) is 45.1 Å². The van der Waals surface area contributed by atoms with Gasteiger partial charge < -0.3 is 24.4 Å². The molecule has 1 unspecified atom stereocenters. The Morgan fingerprint density at radius 2 is 2.00 bits per heavy atom. The third kappa shape index (κ3) is 3.50. The van der Waals surface area contributed by atoms with Crippen LogP contribution in [0.5, 0.6) is 11.5 Å². The quantitative estimate of drug-likeness (QED) is 0.895. The first-order valence-electron chi connectivity index (χ1n) is 8.50. The maximum absolute atomic E-state index is 10.8. The second kappa shape index (κ2) is 6.69. The molecular formula is C19H27N3O3. The summed E-state index contributed by atoms with van der Waals surface area (Å²) in [7, 11) is 7.26. The molecule has 0 bridgehead atoms. The Morgan fingerprint density at radius 1 is 1.24 bits per heavy atom. The predicted octanol–water partition coefficient (Wildman–Crippen LogP) is 2.06. The van der Waals surface area contributed by atoms with Gasteiger partial charge in [-0.3, -0.25) is 0 Å². The lowest BCUT2D eigenvalue weighted by Crippen LogP contribution is -2.42. The molecule has 3 rings (SSSR count). The molecule has 0 spiro atoms. The summed E-state index contributed by atoms with van der Waals surface area (Å²) >= 11 is 0. The fourth-order valence-electron chi connectivity index (χ4n) is 3.62. The van der Waals surface area contributed by atoms with Crippen LogP contribution >= 0.6 is 0 Å². The van der Waals surface area contributed by atoms with Gasteiger partial charge in [0.2, 0.25) is 0 Å². The monoisotopic (exact) mass is 345 g/mol. The molecule has 0 amide bonds. The molecule has 6 heteroatoms. The molecule has 1 saturated heterocycles. The number of anilines is 1. The lowest BCUT2D eigenvalue weighted by molar-refractivity contribution is 0.0365. The smallest absolute Gasteiger partial charge is 0.148 e. The van der Waals surface area contributed by atoms with Crippen LogP contribution in [0.3, 0.4) is 0 Å². The molecule has 0 aliphatic carbocycles. The molecule has 6 nitrogen and oxygen atoms in total. The molecule has 0 radical (unpaired) electrons. The van der Waals surface area contributed by atoms with Gasteiger partial charge in [0.25, 0.3) is 0 Å². The number of β-amino-alcohol motifs (C(OH)–C–C–N with tert-alkyl or cyclic N) is 1. The third-order valence-electron chi connectivity index (χ3n) is 4.77. The highest BCUT2D eigenvalue weighted by Gasteiger charge is 2.37. The molecule has 0 saturated carbocycles. The molecule has 1 fully saturated rings. The summed E-state index contributed by atoms with van der Waals surface area (Å²) in [6.07, 6.45) is 0.740. The molecule has 1 aliphatic rings. The van der Waals surface area contributed by atoms with Crippen LogP contribution in [0, 0.1) is 6.92 Å². The lowest BCUT2D eigenvalue weighted by Gasteiger charge is -2.27. The van der Waals surface area contributed by atoms with Crippen molar-refractivity contribution in [3.05, 3.63) is 23.8 Å². The van der Waals surface area contributed by atoms with Crippen LogP contribution < -0.4 is 14.4 Å². The summed E-state index contributed by atoms with van der Waals surface area (Å²) in [5.74, 6) is 2.33. The van der Waals surface area contributed by atoms with Gasteiger partial charge in [-0.15, -0.1) is 0 Å². The number of fused-ring (bicyclic) bond motifs is 1. The Labute approximate surface area is 149 Å². The normalized spacial score (nSPS) is 20.5. The molecule has 2 heterocycles. The number of pyridine rings is 1. The Bertz CT molecular complexity index is 778. The van der Waals surface area contributed by atoms with Crippen molar-refractivity contribution in [1.29, 1.82) is 0 Å². The van der Waals surface area contributed by atoms with E-state index in [-0.39, 0.29) is 0 Å². The molecule has 136 valence electrons. The Hall–Kier alpha value is -2.05. The van der Waals surface area contributed by atoms with Crippen LogP contribution in [-0.2, 0) is 0 Å². The van der Waals surface area contributed by atoms with Gasteiger partial charge in [0, 0.05) is 31.1 Å². The number of hydrogen-bond donors (Lipinski definition) is 1. The lowest BCUT2D eigenvalue weighted by atomic mass is 10.0. The summed E-state index contributed by atoms with van der Waals surface area (Å²) in [6, 6.07) is 5.91. The highest BCUT2D eigenvalue weighted by atomic mass is 16.5. The van der Waals surface area contributed by atoms with E-state index in [4.69, 9.17) is 14.5 Å². The molecular weight excluding hydrogens is 318 g/mol. The van der Waals surface area contributed by atoms with E-state index in [9.17, 15) is 5.11 Å². The fourth-order valence-corrected chi connectivity index (χ4v) is 3.62. The maximum Gasteiger partial charge on any atom is 0.148 e. The summed E-state index contributed by atoms with van der Waals surface area (Å²) < 4.78 is 10.9. The first-order valence-corrected chi connectivity index (χ1v) is 8.50. The van der Waals surface area contributed by atoms with E-state index < -0.39 is 5.60 Å². The van der Waals surface area contributed by atoms with Crippen molar-refractivity contribution in [3.63, 3.8) is 0 Å². The second-order valence-corrected chi connectivity index (χ2v) is 7.16. The highest BCUT2D eigenvalue weighted by Crippen LogP contribution is 2.35. The van der Waals surface area contributed by atoms with Crippen LogP contribution in [-0.4, -0.2) is 68.5 Å². The number of aliphatic hydroxyl groups is 1. The summed E-state index contributed by atoms with van der Waals surface area (Å²) in [5, 5.41) is 11.8. The van der Waals surface area contributed by atoms with Gasteiger partial charge in [-0.2, -0.15) is 0 Å². The summed E-state index contributed by atoms with van der Waals surface area (Å²) in [4.78, 5) is 9.01. The molecule has 1 aromatic heterocycles. The summed E-state index contributed by atoms with van der Waals surface area (Å²) in [6.45, 7) is 4.09. The number of aryl methyl sites for hydroxylation is 1. The van der Waals surface area contributed by atoms with Crippen molar-refractivity contribution >= 4 is 16.7 Å². The van der Waals surface area contributed by atoms with Crippen LogP contribution in [0.1, 0.15) is 12.0 Å². The van der Waals surface area contributed by atoms with E-state index in [1.54, 1.807) is 14.2 Å². The molecule has 1 aromatic carbocycles. The minimum atomic E-state index is -0.696. The molecule has 25 heavy (non-hydrogen) atoms. The predicted molar refractivity (Wildman–Crippen MR) is 99.9 cm³/mol. The van der Waals surface area contributed by atoms with Crippen LogP contribution in [0.4, 0.5) is 5.82 Å². The minimum Gasteiger partial charge on any atom is -0.497 e. The number of hydrogen-bond acceptors (Lipinski definition) is 6. The van der Waals surface area contributed by atoms with E-state index in [0.717, 1.165) is 41.0 Å². The van der Waals surface area contributed by atoms with E-state index in [2.05, 4.69) is 17.9 Å². The average molecular weight is 345 g/mol. The van der Waals surface area contributed by atoms with Gasteiger partial charge in [0.1, 0.15) is 22.8 Å². The van der Waals surface area contributed by atoms with Crippen LogP contribution in [0.25, 0.3) is 10.9 Å². The zero-order valence-corrected chi connectivity index (χ0v) is 15.7. The molecule has 1 atom stereocenters. The number of methoxy groups -OCH3 is 2. The van der Waals surface area contributed by atoms with Crippen molar-refractivity contribution in [2.24, 2.45) is 0 Å². The third-order valence-corrected chi connectivity index (χ3v) is 4.77. The van der Waals surface area contributed by atoms with Crippen molar-refractivity contribution < 1.29 is 14.6 Å². The standard InChI is InChI=1S/C19H27N3O3/c1-13-8-17(22-7-6-19(23,12-22)11-21(2)3)20-18-15(13)9-14(24-4)10-16(18)25-5/h8-10,23H,6-7,11-12H2,1-5H3.